The molecule has 3 aromatic heterocycles. The Labute approximate surface area is 133 Å². The third-order valence-corrected chi connectivity index (χ3v) is 3.37. The number of rotatable bonds is 5. The van der Waals surface area contributed by atoms with E-state index in [0.717, 1.165) is 5.52 Å². The predicted molar refractivity (Wildman–Crippen MR) is 87.2 cm³/mol. The van der Waals surface area contributed by atoms with Gasteiger partial charge in [-0.3, -0.25) is 14.6 Å². The summed E-state index contributed by atoms with van der Waals surface area (Å²) in [4.78, 5) is 27.8. The van der Waals surface area contributed by atoms with E-state index in [1.54, 1.807) is 30.7 Å². The van der Waals surface area contributed by atoms with Gasteiger partial charge in [-0.2, -0.15) is 0 Å². The zero-order valence-corrected chi connectivity index (χ0v) is 12.4. The number of pyridine rings is 2. The van der Waals surface area contributed by atoms with Crippen LogP contribution in [0.25, 0.3) is 5.52 Å². The van der Waals surface area contributed by atoms with Crippen LogP contribution in [-0.4, -0.2) is 27.7 Å². The van der Waals surface area contributed by atoms with Gasteiger partial charge in [-0.25, -0.2) is 0 Å². The lowest BCUT2D eigenvalue weighted by Crippen LogP contribution is -2.27. The molecule has 2 N–H and O–H groups in total. The van der Waals surface area contributed by atoms with E-state index in [9.17, 15) is 9.59 Å². The second-order valence-corrected chi connectivity index (χ2v) is 5.05. The average Bonchev–Trinajstić information content (AvgIpc) is 3.00. The number of nitrogens with zero attached hydrogens (tertiary/aromatic N) is 2. The van der Waals surface area contributed by atoms with Crippen LogP contribution in [0.2, 0.25) is 0 Å². The van der Waals surface area contributed by atoms with Crippen LogP contribution in [0.5, 0.6) is 0 Å². The lowest BCUT2D eigenvalue weighted by molar-refractivity contribution is -0.116. The smallest absolute Gasteiger partial charge is 0.252 e. The van der Waals surface area contributed by atoms with Crippen molar-refractivity contribution < 1.29 is 9.59 Å². The van der Waals surface area contributed by atoms with Gasteiger partial charge in [0, 0.05) is 49.0 Å². The maximum absolute atomic E-state index is 12.1. The number of carbonyl (C=O) groups excluding carboxylic acids is 2. The fourth-order valence-corrected chi connectivity index (χ4v) is 2.23. The summed E-state index contributed by atoms with van der Waals surface area (Å²) in [6.45, 7) is 0.280. The normalized spacial score (nSPS) is 10.4. The molecule has 0 saturated heterocycles. The Morgan fingerprint density at radius 2 is 1.96 bits per heavy atom. The van der Waals surface area contributed by atoms with Crippen LogP contribution < -0.4 is 10.6 Å². The summed E-state index contributed by atoms with van der Waals surface area (Å²) < 4.78 is 1.88. The minimum atomic E-state index is -0.189. The number of amides is 2. The molecule has 2 amide bonds. The van der Waals surface area contributed by atoms with Crippen LogP contribution >= 0.6 is 0 Å². The van der Waals surface area contributed by atoms with Crippen molar-refractivity contribution >= 4 is 23.0 Å². The number of fused-ring (bicyclic) bond motifs is 1. The van der Waals surface area contributed by atoms with Gasteiger partial charge in [-0.05, 0) is 30.3 Å². The first-order chi connectivity index (χ1) is 11.2. The van der Waals surface area contributed by atoms with Gasteiger partial charge in [0.1, 0.15) is 0 Å². The predicted octanol–water partition coefficient (Wildman–Crippen LogP) is 2.09. The van der Waals surface area contributed by atoms with Crippen LogP contribution in [0.3, 0.4) is 0 Å². The Morgan fingerprint density at radius 1 is 1.13 bits per heavy atom. The molecule has 0 aliphatic heterocycles. The lowest BCUT2D eigenvalue weighted by Gasteiger charge is -2.05. The summed E-state index contributed by atoms with van der Waals surface area (Å²) in [7, 11) is 0. The Hall–Kier alpha value is -3.15. The van der Waals surface area contributed by atoms with Crippen LogP contribution in [0.1, 0.15) is 16.8 Å². The van der Waals surface area contributed by atoms with Crippen LogP contribution in [0.15, 0.2) is 61.2 Å². The van der Waals surface area contributed by atoms with Gasteiger partial charge in [-0.1, -0.05) is 6.07 Å². The van der Waals surface area contributed by atoms with Crippen LogP contribution in [0.4, 0.5) is 5.69 Å². The van der Waals surface area contributed by atoms with E-state index >= 15 is 0 Å². The zero-order chi connectivity index (χ0) is 16.1. The molecular formula is C17H16N4O2. The van der Waals surface area contributed by atoms with Crippen molar-refractivity contribution in [1.82, 2.24) is 14.7 Å². The summed E-state index contributed by atoms with van der Waals surface area (Å²) in [6, 6.07) is 11.0. The monoisotopic (exact) mass is 308 g/mol. The quantitative estimate of drug-likeness (QED) is 0.758. The highest BCUT2D eigenvalue weighted by Gasteiger charge is 2.09. The molecule has 6 heteroatoms. The number of hydrogen-bond acceptors (Lipinski definition) is 3. The number of anilines is 1. The Balaban J connectivity index is 1.50. The molecule has 0 aliphatic rings. The maximum Gasteiger partial charge on any atom is 0.252 e. The Bertz CT molecular complexity index is 794. The first-order valence-corrected chi connectivity index (χ1v) is 7.27. The molecule has 0 radical (unpaired) electrons. The van der Waals surface area contributed by atoms with E-state index in [4.69, 9.17) is 0 Å². The van der Waals surface area contributed by atoms with Crippen molar-refractivity contribution in [3.05, 3.63) is 66.7 Å². The molecule has 0 atom stereocenters. The highest BCUT2D eigenvalue weighted by molar-refractivity contribution is 5.96. The summed E-state index contributed by atoms with van der Waals surface area (Å²) in [5, 5.41) is 5.49. The highest BCUT2D eigenvalue weighted by Crippen LogP contribution is 2.09. The average molecular weight is 308 g/mol. The SMILES string of the molecule is O=C(CCNC(=O)c1cc2ccccn2c1)Nc1ccncc1. The van der Waals surface area contributed by atoms with Crippen LogP contribution in [0, 0.1) is 0 Å². The molecule has 0 bridgehead atoms. The van der Waals surface area contributed by atoms with E-state index in [-0.39, 0.29) is 24.8 Å². The maximum atomic E-state index is 12.1. The Kier molecular flexibility index (Phi) is 4.33. The largest absolute Gasteiger partial charge is 0.351 e. The highest BCUT2D eigenvalue weighted by atomic mass is 16.2. The van der Waals surface area contributed by atoms with Crippen molar-refractivity contribution in [2.75, 3.05) is 11.9 Å². The first-order valence-electron chi connectivity index (χ1n) is 7.27. The second kappa shape index (κ2) is 6.74. The van der Waals surface area contributed by atoms with Crippen molar-refractivity contribution in [3.8, 4) is 0 Å². The summed E-state index contributed by atoms with van der Waals surface area (Å²) in [5.41, 5.74) is 2.22. The van der Waals surface area contributed by atoms with Gasteiger partial charge < -0.3 is 15.0 Å². The second-order valence-electron chi connectivity index (χ2n) is 5.05. The minimum Gasteiger partial charge on any atom is -0.351 e. The van der Waals surface area contributed by atoms with Gasteiger partial charge in [0.05, 0.1) is 5.56 Å². The number of aromatic nitrogens is 2. The van der Waals surface area contributed by atoms with E-state index in [2.05, 4.69) is 15.6 Å². The molecule has 0 spiro atoms. The van der Waals surface area contributed by atoms with Gasteiger partial charge >= 0.3 is 0 Å². The molecule has 0 unspecified atom stereocenters. The number of hydrogen-bond donors (Lipinski definition) is 2. The lowest BCUT2D eigenvalue weighted by atomic mass is 10.3. The number of nitrogens with one attached hydrogen (secondary N) is 2. The molecule has 3 heterocycles. The zero-order valence-electron chi connectivity index (χ0n) is 12.4. The first kappa shape index (κ1) is 14.8. The number of carbonyl (C=O) groups is 2. The van der Waals surface area contributed by atoms with E-state index < -0.39 is 0 Å². The molecule has 0 saturated carbocycles. The summed E-state index contributed by atoms with van der Waals surface area (Å²) in [5.74, 6) is -0.344. The molecule has 0 fully saturated rings. The fraction of sp³-hybridized carbons (Fsp3) is 0.118. The fourth-order valence-electron chi connectivity index (χ4n) is 2.23. The van der Waals surface area contributed by atoms with Gasteiger partial charge in [0.25, 0.3) is 5.91 Å². The van der Waals surface area contributed by atoms with E-state index in [1.165, 1.54) is 0 Å². The molecule has 0 aliphatic carbocycles. The molecule has 6 nitrogen and oxygen atoms in total. The minimum absolute atomic E-state index is 0.154. The molecular weight excluding hydrogens is 292 g/mol. The standard InChI is InChI=1S/C17H16N4O2/c22-16(20-14-4-7-18-8-5-14)6-9-19-17(23)13-11-15-3-1-2-10-21(15)12-13/h1-5,7-8,10-12H,6,9H2,(H,19,23)(H,18,20,22). The van der Waals surface area contributed by atoms with Gasteiger partial charge in [-0.15, -0.1) is 0 Å². The summed E-state index contributed by atoms with van der Waals surface area (Å²) >= 11 is 0. The van der Waals surface area contributed by atoms with Crippen molar-refractivity contribution in [1.29, 1.82) is 0 Å². The van der Waals surface area contributed by atoms with E-state index in [1.807, 2.05) is 34.9 Å². The summed E-state index contributed by atoms with van der Waals surface area (Å²) in [6.07, 6.45) is 7.07. The van der Waals surface area contributed by atoms with Crippen molar-refractivity contribution in [3.63, 3.8) is 0 Å². The Morgan fingerprint density at radius 3 is 2.74 bits per heavy atom. The third-order valence-electron chi connectivity index (χ3n) is 3.37. The molecule has 0 aromatic carbocycles. The van der Waals surface area contributed by atoms with E-state index in [0.29, 0.717) is 11.3 Å². The van der Waals surface area contributed by atoms with Gasteiger partial charge in [0.15, 0.2) is 0 Å². The molecule has 23 heavy (non-hydrogen) atoms. The molecule has 3 rings (SSSR count). The van der Waals surface area contributed by atoms with Crippen molar-refractivity contribution in [2.24, 2.45) is 0 Å². The van der Waals surface area contributed by atoms with Crippen molar-refractivity contribution in [2.45, 2.75) is 6.42 Å². The van der Waals surface area contributed by atoms with Crippen LogP contribution in [-0.2, 0) is 4.79 Å². The molecule has 116 valence electrons. The third kappa shape index (κ3) is 3.74. The molecule has 3 aromatic rings. The van der Waals surface area contributed by atoms with Gasteiger partial charge in [0.2, 0.25) is 5.91 Å². The topological polar surface area (TPSA) is 75.5 Å².